The first-order valence-corrected chi connectivity index (χ1v) is 5.59. The third kappa shape index (κ3) is 3.91. The Balaban J connectivity index is 2.01. The molecule has 0 bridgehead atoms. The van der Waals surface area contributed by atoms with E-state index in [-0.39, 0.29) is 12.5 Å². The monoisotopic (exact) mass is 259 g/mol. The van der Waals surface area contributed by atoms with Crippen LogP contribution in [0.15, 0.2) is 36.8 Å². The molecule has 0 aliphatic carbocycles. The van der Waals surface area contributed by atoms with Crippen LogP contribution in [0.1, 0.15) is 0 Å². The molecule has 0 spiro atoms. The van der Waals surface area contributed by atoms with Crippen LogP contribution < -0.4 is 10.6 Å². The molecule has 98 valence electrons. The van der Waals surface area contributed by atoms with Crippen molar-refractivity contribution in [3.8, 4) is 0 Å². The number of carbonyl (C=O) groups excluding carboxylic acids is 1. The molecule has 0 amide bonds. The Labute approximate surface area is 110 Å². The Morgan fingerprint density at radius 2 is 2.05 bits per heavy atom. The van der Waals surface area contributed by atoms with Crippen molar-refractivity contribution < 1.29 is 9.53 Å². The number of methoxy groups -OCH3 is 1. The Morgan fingerprint density at radius 1 is 1.21 bits per heavy atom. The number of hydrogen-bond acceptors (Lipinski definition) is 7. The maximum Gasteiger partial charge on any atom is 0.325 e. The summed E-state index contributed by atoms with van der Waals surface area (Å²) in [6.07, 6.45) is 3.07. The van der Waals surface area contributed by atoms with Crippen molar-refractivity contribution >= 4 is 23.4 Å². The lowest BCUT2D eigenvalue weighted by molar-refractivity contribution is -0.138. The number of anilines is 3. The van der Waals surface area contributed by atoms with E-state index in [0.717, 1.165) is 0 Å². The molecule has 0 unspecified atom stereocenters. The van der Waals surface area contributed by atoms with Gasteiger partial charge in [-0.3, -0.25) is 4.79 Å². The van der Waals surface area contributed by atoms with Gasteiger partial charge in [-0.15, -0.1) is 0 Å². The van der Waals surface area contributed by atoms with Crippen LogP contribution in [-0.2, 0) is 9.53 Å². The summed E-state index contributed by atoms with van der Waals surface area (Å²) in [5.74, 6) is 1.43. The minimum absolute atomic E-state index is 0.0521. The SMILES string of the molecule is COC(=O)CNc1cc(Nc2ccccn2)ncn1. The molecular formula is C12H13N5O2. The average Bonchev–Trinajstić information content (AvgIpc) is 2.46. The Morgan fingerprint density at radius 3 is 2.79 bits per heavy atom. The van der Waals surface area contributed by atoms with Crippen molar-refractivity contribution in [2.45, 2.75) is 0 Å². The molecule has 0 radical (unpaired) electrons. The predicted molar refractivity (Wildman–Crippen MR) is 70.1 cm³/mol. The smallest absolute Gasteiger partial charge is 0.325 e. The van der Waals surface area contributed by atoms with Crippen molar-refractivity contribution in [3.63, 3.8) is 0 Å². The average molecular weight is 259 g/mol. The highest BCUT2D eigenvalue weighted by molar-refractivity contribution is 5.74. The van der Waals surface area contributed by atoms with Crippen molar-refractivity contribution in [2.24, 2.45) is 0 Å². The summed E-state index contributed by atoms with van der Waals surface area (Å²) in [6.45, 7) is 0.0521. The highest BCUT2D eigenvalue weighted by atomic mass is 16.5. The maximum atomic E-state index is 11.0. The summed E-state index contributed by atoms with van der Waals surface area (Å²) in [4.78, 5) is 23.2. The number of nitrogens with zero attached hydrogens (tertiary/aromatic N) is 3. The molecular weight excluding hydrogens is 246 g/mol. The van der Waals surface area contributed by atoms with Crippen LogP contribution in [0.5, 0.6) is 0 Å². The molecule has 0 aliphatic rings. The van der Waals surface area contributed by atoms with Crippen LogP contribution in [0, 0.1) is 0 Å². The largest absolute Gasteiger partial charge is 0.468 e. The number of rotatable bonds is 5. The third-order valence-corrected chi connectivity index (χ3v) is 2.23. The molecule has 7 nitrogen and oxygen atoms in total. The van der Waals surface area contributed by atoms with Gasteiger partial charge in [-0.25, -0.2) is 15.0 Å². The van der Waals surface area contributed by atoms with Gasteiger partial charge in [0, 0.05) is 12.3 Å². The predicted octanol–water partition coefficient (Wildman–Crippen LogP) is 1.20. The van der Waals surface area contributed by atoms with E-state index in [9.17, 15) is 4.79 Å². The molecule has 2 heterocycles. The zero-order valence-corrected chi connectivity index (χ0v) is 10.3. The molecule has 0 fully saturated rings. The summed E-state index contributed by atoms with van der Waals surface area (Å²) in [6, 6.07) is 7.20. The summed E-state index contributed by atoms with van der Waals surface area (Å²) < 4.78 is 4.53. The fraction of sp³-hybridized carbons (Fsp3) is 0.167. The van der Waals surface area contributed by atoms with Crippen LogP contribution in [0.4, 0.5) is 17.5 Å². The van der Waals surface area contributed by atoms with Crippen LogP contribution in [-0.4, -0.2) is 34.6 Å². The van der Waals surface area contributed by atoms with Crippen LogP contribution in [0.3, 0.4) is 0 Å². The van der Waals surface area contributed by atoms with E-state index < -0.39 is 0 Å². The summed E-state index contributed by atoms with van der Waals surface area (Å²) in [5, 5.41) is 5.86. The van der Waals surface area contributed by atoms with Crippen LogP contribution >= 0.6 is 0 Å². The molecule has 0 aromatic carbocycles. The van der Waals surface area contributed by atoms with E-state index in [1.807, 2.05) is 18.2 Å². The van der Waals surface area contributed by atoms with E-state index in [1.165, 1.54) is 13.4 Å². The zero-order valence-electron chi connectivity index (χ0n) is 10.3. The van der Waals surface area contributed by atoms with Crippen molar-refractivity contribution in [1.82, 2.24) is 15.0 Å². The molecule has 0 saturated heterocycles. The van der Waals surface area contributed by atoms with Gasteiger partial charge in [0.2, 0.25) is 0 Å². The molecule has 2 aromatic rings. The van der Waals surface area contributed by atoms with E-state index in [0.29, 0.717) is 17.5 Å². The Kier molecular flexibility index (Phi) is 4.22. The second-order valence-electron chi connectivity index (χ2n) is 3.56. The molecule has 0 saturated carbocycles. The highest BCUT2D eigenvalue weighted by Crippen LogP contribution is 2.13. The van der Waals surface area contributed by atoms with Gasteiger partial charge in [0.1, 0.15) is 30.3 Å². The van der Waals surface area contributed by atoms with E-state index in [2.05, 4.69) is 30.3 Å². The Hall–Kier alpha value is -2.70. The fourth-order valence-corrected chi connectivity index (χ4v) is 1.33. The molecule has 2 aromatic heterocycles. The second kappa shape index (κ2) is 6.29. The highest BCUT2D eigenvalue weighted by Gasteiger charge is 2.03. The molecule has 0 atom stereocenters. The summed E-state index contributed by atoms with van der Waals surface area (Å²) in [7, 11) is 1.33. The van der Waals surface area contributed by atoms with Crippen molar-refractivity contribution in [2.75, 3.05) is 24.3 Å². The van der Waals surface area contributed by atoms with Crippen molar-refractivity contribution in [1.29, 1.82) is 0 Å². The second-order valence-corrected chi connectivity index (χ2v) is 3.56. The van der Waals surface area contributed by atoms with Gasteiger partial charge in [0.15, 0.2) is 0 Å². The number of esters is 1. The third-order valence-electron chi connectivity index (χ3n) is 2.23. The standard InChI is InChI=1S/C12H13N5O2/c1-19-12(18)7-14-10-6-11(16-8-15-10)17-9-4-2-3-5-13-9/h2-6,8H,7H2,1H3,(H2,13,14,15,16,17). The minimum atomic E-state index is -0.363. The summed E-state index contributed by atoms with van der Waals surface area (Å²) in [5.41, 5.74) is 0. The van der Waals surface area contributed by atoms with Gasteiger partial charge >= 0.3 is 5.97 Å². The summed E-state index contributed by atoms with van der Waals surface area (Å²) >= 11 is 0. The lowest BCUT2D eigenvalue weighted by Crippen LogP contribution is -2.15. The zero-order chi connectivity index (χ0) is 13.5. The lowest BCUT2D eigenvalue weighted by atomic mass is 10.4. The van der Waals surface area contributed by atoms with Gasteiger partial charge in [0.05, 0.1) is 7.11 Å². The normalized spacial score (nSPS) is 9.74. The molecule has 19 heavy (non-hydrogen) atoms. The molecule has 2 N–H and O–H groups in total. The van der Waals surface area contributed by atoms with Gasteiger partial charge in [-0.2, -0.15) is 0 Å². The quantitative estimate of drug-likeness (QED) is 0.780. The maximum absolute atomic E-state index is 11.0. The molecule has 7 heteroatoms. The van der Waals surface area contributed by atoms with Crippen LogP contribution in [0.25, 0.3) is 0 Å². The minimum Gasteiger partial charge on any atom is -0.468 e. The first kappa shape index (κ1) is 12.7. The molecule has 2 rings (SSSR count). The van der Waals surface area contributed by atoms with Crippen LogP contribution in [0.2, 0.25) is 0 Å². The number of ether oxygens (including phenoxy) is 1. The lowest BCUT2D eigenvalue weighted by Gasteiger charge is -2.07. The van der Waals surface area contributed by atoms with Gasteiger partial charge in [-0.05, 0) is 12.1 Å². The first-order valence-electron chi connectivity index (χ1n) is 5.59. The number of hydrogen-bond donors (Lipinski definition) is 2. The van der Waals surface area contributed by atoms with E-state index >= 15 is 0 Å². The topological polar surface area (TPSA) is 89.0 Å². The first-order chi connectivity index (χ1) is 9.28. The van der Waals surface area contributed by atoms with Gasteiger partial charge in [-0.1, -0.05) is 6.07 Å². The van der Waals surface area contributed by atoms with E-state index in [1.54, 1.807) is 12.3 Å². The Bertz CT molecular complexity index is 547. The fourth-order valence-electron chi connectivity index (χ4n) is 1.33. The van der Waals surface area contributed by atoms with Crippen molar-refractivity contribution in [3.05, 3.63) is 36.8 Å². The number of pyridine rings is 1. The number of aromatic nitrogens is 3. The van der Waals surface area contributed by atoms with Gasteiger partial charge in [0.25, 0.3) is 0 Å². The number of carbonyl (C=O) groups is 1. The molecule has 0 aliphatic heterocycles. The van der Waals surface area contributed by atoms with Gasteiger partial charge < -0.3 is 15.4 Å². The number of nitrogens with one attached hydrogen (secondary N) is 2. The van der Waals surface area contributed by atoms with E-state index in [4.69, 9.17) is 0 Å².